The summed E-state index contributed by atoms with van der Waals surface area (Å²) in [5.41, 5.74) is 11.0. The van der Waals surface area contributed by atoms with Gasteiger partial charge in [0.1, 0.15) is 0 Å². The highest BCUT2D eigenvalue weighted by Gasteiger charge is 2.34. The van der Waals surface area contributed by atoms with Crippen LogP contribution in [0.15, 0.2) is 42.6 Å². The molecule has 4 N–H and O–H groups in total. The minimum absolute atomic E-state index is 0.0525. The first-order valence-corrected chi connectivity index (χ1v) is 12.7. The summed E-state index contributed by atoms with van der Waals surface area (Å²) >= 11 is 0. The number of hydrogen-bond acceptors (Lipinski definition) is 6. The van der Waals surface area contributed by atoms with Gasteiger partial charge in [-0.25, -0.2) is 5.48 Å². The molecule has 1 aliphatic carbocycles. The first kappa shape index (κ1) is 25.6. The molecule has 0 bridgehead atoms. The van der Waals surface area contributed by atoms with Crippen molar-refractivity contribution in [2.45, 2.75) is 58.0 Å². The molecule has 2 unspecified atom stereocenters. The van der Waals surface area contributed by atoms with Crippen molar-refractivity contribution in [3.05, 3.63) is 59.4 Å². The third kappa shape index (κ3) is 6.40. The van der Waals surface area contributed by atoms with Crippen molar-refractivity contribution >= 4 is 23.4 Å². The van der Waals surface area contributed by atoms with Gasteiger partial charge < -0.3 is 16.0 Å². The molecule has 1 saturated carbocycles. The molecular formula is C27H35N5O4. The summed E-state index contributed by atoms with van der Waals surface area (Å²) in [5.74, 6) is -0.453. The number of rotatable bonds is 9. The number of para-hydroxylation sites is 1. The molecule has 1 aliphatic heterocycles. The minimum atomic E-state index is -0.344. The maximum absolute atomic E-state index is 12.7. The van der Waals surface area contributed by atoms with Gasteiger partial charge in [-0.15, -0.1) is 0 Å². The standard InChI is InChI=1S/C27H35N5O4/c1-18(33)32-13-11-21(26(28)34)15-25(32)24-14-20(10-12-29-24)16-30-23-9-5-4-8-22(23)27(35)31-36-17-19-6-2-3-7-19/h4-5,8-10,12,14,19,21,25,30H,2-3,6-7,11,13,15-17H2,1H3,(H2,28,34)(H,31,35). The normalized spacial score (nSPS) is 20.2. The fourth-order valence-corrected chi connectivity index (χ4v) is 5.16. The second-order valence-corrected chi connectivity index (χ2v) is 9.73. The maximum Gasteiger partial charge on any atom is 0.276 e. The highest BCUT2D eigenvalue weighted by atomic mass is 16.6. The Kier molecular flexibility index (Phi) is 8.53. The summed E-state index contributed by atoms with van der Waals surface area (Å²) in [6.45, 7) is 3.00. The zero-order chi connectivity index (χ0) is 25.5. The lowest BCUT2D eigenvalue weighted by molar-refractivity contribution is -0.136. The number of benzene rings is 1. The third-order valence-corrected chi connectivity index (χ3v) is 7.21. The number of aromatic nitrogens is 1. The zero-order valence-corrected chi connectivity index (χ0v) is 20.7. The number of pyridine rings is 1. The number of likely N-dealkylation sites (tertiary alicyclic amines) is 1. The number of nitrogens with one attached hydrogen (secondary N) is 2. The third-order valence-electron chi connectivity index (χ3n) is 7.21. The van der Waals surface area contributed by atoms with E-state index in [4.69, 9.17) is 10.6 Å². The van der Waals surface area contributed by atoms with Gasteiger partial charge in [-0.3, -0.25) is 24.2 Å². The number of nitrogens with two attached hydrogens (primary N) is 1. The van der Waals surface area contributed by atoms with E-state index in [0.717, 1.165) is 24.1 Å². The maximum atomic E-state index is 12.7. The molecule has 2 aromatic rings. The molecule has 2 atom stereocenters. The van der Waals surface area contributed by atoms with Gasteiger partial charge >= 0.3 is 0 Å². The molecule has 1 saturated heterocycles. The highest BCUT2D eigenvalue weighted by molar-refractivity contribution is 5.99. The smallest absolute Gasteiger partial charge is 0.276 e. The van der Waals surface area contributed by atoms with E-state index >= 15 is 0 Å². The quantitative estimate of drug-likeness (QED) is 0.460. The fraction of sp³-hybridized carbons (Fsp3) is 0.481. The van der Waals surface area contributed by atoms with Crippen LogP contribution in [0.3, 0.4) is 0 Å². The van der Waals surface area contributed by atoms with Crippen LogP contribution in [0.4, 0.5) is 5.69 Å². The van der Waals surface area contributed by atoms with Gasteiger partial charge in [-0.2, -0.15) is 0 Å². The van der Waals surface area contributed by atoms with Crippen molar-refractivity contribution in [3.8, 4) is 0 Å². The zero-order valence-electron chi connectivity index (χ0n) is 20.7. The Labute approximate surface area is 211 Å². The Hall–Kier alpha value is -3.46. The number of nitrogens with zero attached hydrogens (tertiary/aromatic N) is 2. The van der Waals surface area contributed by atoms with Crippen LogP contribution in [-0.4, -0.2) is 40.8 Å². The van der Waals surface area contributed by atoms with Crippen LogP contribution in [-0.2, 0) is 21.0 Å². The first-order valence-electron chi connectivity index (χ1n) is 12.7. The van der Waals surface area contributed by atoms with E-state index in [1.807, 2.05) is 30.3 Å². The van der Waals surface area contributed by atoms with Crippen molar-refractivity contribution < 1.29 is 19.2 Å². The van der Waals surface area contributed by atoms with Gasteiger partial charge in [0.25, 0.3) is 5.91 Å². The van der Waals surface area contributed by atoms with E-state index in [1.165, 1.54) is 19.8 Å². The van der Waals surface area contributed by atoms with E-state index < -0.39 is 0 Å². The van der Waals surface area contributed by atoms with Crippen LogP contribution in [0, 0.1) is 11.8 Å². The molecule has 2 fully saturated rings. The molecule has 0 spiro atoms. The average Bonchev–Trinajstić information content (AvgIpc) is 3.41. The molecule has 4 rings (SSSR count). The average molecular weight is 494 g/mol. The molecule has 2 aliphatic rings. The second kappa shape index (κ2) is 12.0. The van der Waals surface area contributed by atoms with Crippen molar-refractivity contribution in [2.75, 3.05) is 18.5 Å². The lowest BCUT2D eigenvalue weighted by Gasteiger charge is -2.37. The van der Waals surface area contributed by atoms with Gasteiger partial charge in [0, 0.05) is 37.8 Å². The molecule has 9 nitrogen and oxygen atoms in total. The molecular weight excluding hydrogens is 458 g/mol. The number of carbonyl (C=O) groups is 3. The number of primary amides is 1. The second-order valence-electron chi connectivity index (χ2n) is 9.73. The summed E-state index contributed by atoms with van der Waals surface area (Å²) in [7, 11) is 0. The van der Waals surface area contributed by atoms with Crippen molar-refractivity contribution in [1.82, 2.24) is 15.4 Å². The Bertz CT molecular complexity index is 1090. The molecule has 2 heterocycles. The molecule has 192 valence electrons. The largest absolute Gasteiger partial charge is 0.380 e. The Balaban J connectivity index is 1.41. The predicted molar refractivity (Wildman–Crippen MR) is 135 cm³/mol. The van der Waals surface area contributed by atoms with Crippen molar-refractivity contribution in [3.63, 3.8) is 0 Å². The number of amides is 3. The van der Waals surface area contributed by atoms with Gasteiger partial charge in [0.15, 0.2) is 0 Å². The number of hydrogen-bond donors (Lipinski definition) is 3. The minimum Gasteiger partial charge on any atom is -0.380 e. The summed E-state index contributed by atoms with van der Waals surface area (Å²) in [5, 5.41) is 3.33. The van der Waals surface area contributed by atoms with Crippen LogP contribution in [0.25, 0.3) is 0 Å². The Morgan fingerprint density at radius 1 is 1.14 bits per heavy atom. The van der Waals surface area contributed by atoms with E-state index in [2.05, 4.69) is 15.8 Å². The lowest BCUT2D eigenvalue weighted by atomic mass is 9.88. The van der Waals surface area contributed by atoms with Crippen molar-refractivity contribution in [1.29, 1.82) is 0 Å². The van der Waals surface area contributed by atoms with E-state index in [9.17, 15) is 14.4 Å². The number of piperidine rings is 1. The van der Waals surface area contributed by atoms with Gasteiger partial charge in [-0.05, 0) is 61.4 Å². The Morgan fingerprint density at radius 3 is 2.67 bits per heavy atom. The molecule has 1 aromatic heterocycles. The van der Waals surface area contributed by atoms with Gasteiger partial charge in [-0.1, -0.05) is 25.0 Å². The van der Waals surface area contributed by atoms with Gasteiger partial charge in [0.05, 0.1) is 23.9 Å². The highest BCUT2D eigenvalue weighted by Crippen LogP contribution is 2.33. The summed E-state index contributed by atoms with van der Waals surface area (Å²) in [6.07, 6.45) is 7.48. The molecule has 0 radical (unpaired) electrons. The molecule has 3 amide bonds. The van der Waals surface area contributed by atoms with E-state index in [0.29, 0.717) is 49.7 Å². The molecule has 9 heteroatoms. The summed E-state index contributed by atoms with van der Waals surface area (Å²) in [4.78, 5) is 48.5. The Morgan fingerprint density at radius 2 is 1.92 bits per heavy atom. The van der Waals surface area contributed by atoms with Crippen LogP contribution < -0.4 is 16.5 Å². The number of hydroxylamine groups is 1. The van der Waals surface area contributed by atoms with Crippen LogP contribution >= 0.6 is 0 Å². The fourth-order valence-electron chi connectivity index (χ4n) is 5.16. The number of anilines is 1. The van der Waals surface area contributed by atoms with E-state index in [1.54, 1.807) is 17.2 Å². The predicted octanol–water partition coefficient (Wildman–Crippen LogP) is 3.33. The topological polar surface area (TPSA) is 127 Å². The SMILES string of the molecule is CC(=O)N1CCC(C(N)=O)CC1c1cc(CNc2ccccc2C(=O)NOCC2CCCC2)ccn1. The van der Waals surface area contributed by atoms with Crippen molar-refractivity contribution in [2.24, 2.45) is 17.6 Å². The molecule has 36 heavy (non-hydrogen) atoms. The van der Waals surface area contributed by atoms with Crippen LogP contribution in [0.2, 0.25) is 0 Å². The first-order chi connectivity index (χ1) is 17.4. The lowest BCUT2D eigenvalue weighted by Crippen LogP contribution is -2.43. The summed E-state index contributed by atoms with van der Waals surface area (Å²) in [6, 6.07) is 10.8. The van der Waals surface area contributed by atoms with E-state index in [-0.39, 0.29) is 29.7 Å². The van der Waals surface area contributed by atoms with Gasteiger partial charge in [0.2, 0.25) is 11.8 Å². The number of carbonyl (C=O) groups excluding carboxylic acids is 3. The van der Waals surface area contributed by atoms with Crippen LogP contribution in [0.1, 0.15) is 73.1 Å². The van der Waals surface area contributed by atoms with Crippen LogP contribution in [0.5, 0.6) is 0 Å². The summed E-state index contributed by atoms with van der Waals surface area (Å²) < 4.78 is 0. The molecule has 1 aromatic carbocycles. The monoisotopic (exact) mass is 493 g/mol.